The number of nitrogens with one attached hydrogen (secondary N) is 1. The fourth-order valence-electron chi connectivity index (χ4n) is 3.37. The topological polar surface area (TPSA) is 109 Å². The summed E-state index contributed by atoms with van der Waals surface area (Å²) in [5, 5.41) is 5.31. The van der Waals surface area contributed by atoms with Crippen LogP contribution in [0.1, 0.15) is 0 Å². The Labute approximate surface area is 152 Å². The SMILES string of the molecule is NNc1nc(N)nc2ccc(N3C=CCN3CCN3CCOCC3)cc12. The van der Waals surface area contributed by atoms with Crippen LogP contribution in [0.25, 0.3) is 10.9 Å². The highest BCUT2D eigenvalue weighted by molar-refractivity contribution is 5.92. The Bertz CT molecular complexity index is 805. The lowest BCUT2D eigenvalue weighted by Gasteiger charge is -2.33. The average Bonchev–Trinajstić information content (AvgIpc) is 3.14. The molecule has 9 heteroatoms. The second kappa shape index (κ2) is 7.42. The van der Waals surface area contributed by atoms with E-state index >= 15 is 0 Å². The molecule has 2 aliphatic heterocycles. The van der Waals surface area contributed by atoms with Crippen molar-refractivity contribution >= 4 is 28.4 Å². The summed E-state index contributed by atoms with van der Waals surface area (Å²) in [7, 11) is 0. The summed E-state index contributed by atoms with van der Waals surface area (Å²) in [6.07, 6.45) is 4.25. The van der Waals surface area contributed by atoms with E-state index in [1.54, 1.807) is 0 Å². The van der Waals surface area contributed by atoms with Crippen molar-refractivity contribution in [2.75, 3.05) is 62.1 Å². The first-order valence-electron chi connectivity index (χ1n) is 8.79. The van der Waals surface area contributed by atoms with Crippen LogP contribution in [0.4, 0.5) is 17.5 Å². The smallest absolute Gasteiger partial charge is 0.222 e. The molecule has 3 heterocycles. The summed E-state index contributed by atoms with van der Waals surface area (Å²) >= 11 is 0. The van der Waals surface area contributed by atoms with Gasteiger partial charge in [0.2, 0.25) is 5.95 Å². The second-order valence-electron chi connectivity index (χ2n) is 6.37. The molecule has 2 aromatic rings. The number of nitrogen functional groups attached to an aromatic ring is 2. The largest absolute Gasteiger partial charge is 0.379 e. The minimum atomic E-state index is 0.200. The van der Waals surface area contributed by atoms with Gasteiger partial charge in [0.05, 0.1) is 24.4 Å². The van der Waals surface area contributed by atoms with Gasteiger partial charge in [-0.2, -0.15) is 4.98 Å². The fraction of sp³-hybridized carbons (Fsp3) is 0.412. The lowest BCUT2D eigenvalue weighted by Crippen LogP contribution is -2.44. The van der Waals surface area contributed by atoms with E-state index in [1.165, 1.54) is 0 Å². The van der Waals surface area contributed by atoms with E-state index in [9.17, 15) is 0 Å². The molecule has 0 atom stereocenters. The van der Waals surface area contributed by atoms with Crippen molar-refractivity contribution in [2.24, 2.45) is 5.84 Å². The quantitative estimate of drug-likeness (QED) is 0.517. The third-order valence-electron chi connectivity index (χ3n) is 4.74. The molecule has 138 valence electrons. The Hall–Kier alpha value is -2.46. The van der Waals surface area contributed by atoms with Gasteiger partial charge in [0, 0.05) is 44.3 Å². The zero-order chi connectivity index (χ0) is 17.9. The van der Waals surface area contributed by atoms with E-state index in [1.807, 2.05) is 18.2 Å². The average molecular weight is 356 g/mol. The van der Waals surface area contributed by atoms with E-state index < -0.39 is 0 Å². The van der Waals surface area contributed by atoms with Crippen LogP contribution >= 0.6 is 0 Å². The van der Waals surface area contributed by atoms with Gasteiger partial charge in [0.1, 0.15) is 0 Å². The number of fused-ring (bicyclic) bond motifs is 1. The molecule has 0 unspecified atom stereocenters. The van der Waals surface area contributed by atoms with Crippen molar-refractivity contribution in [3.63, 3.8) is 0 Å². The Morgan fingerprint density at radius 2 is 2.00 bits per heavy atom. The molecule has 9 nitrogen and oxygen atoms in total. The summed E-state index contributed by atoms with van der Waals surface area (Å²) in [6.45, 7) is 6.51. The number of morpholine rings is 1. The van der Waals surface area contributed by atoms with Crippen molar-refractivity contribution in [1.82, 2.24) is 19.9 Å². The van der Waals surface area contributed by atoms with Gasteiger partial charge in [-0.15, -0.1) is 0 Å². The lowest BCUT2D eigenvalue weighted by atomic mass is 10.2. The molecule has 0 amide bonds. The molecule has 0 aliphatic carbocycles. The number of hydrazine groups is 2. The Morgan fingerprint density at radius 3 is 2.81 bits per heavy atom. The zero-order valence-corrected chi connectivity index (χ0v) is 14.6. The molecule has 0 radical (unpaired) electrons. The maximum Gasteiger partial charge on any atom is 0.222 e. The van der Waals surface area contributed by atoms with Crippen LogP contribution in [0.2, 0.25) is 0 Å². The van der Waals surface area contributed by atoms with Gasteiger partial charge in [-0.05, 0) is 18.2 Å². The predicted molar refractivity (Wildman–Crippen MR) is 102 cm³/mol. The maximum atomic E-state index is 5.73. The lowest BCUT2D eigenvalue weighted by molar-refractivity contribution is 0.0341. The van der Waals surface area contributed by atoms with Crippen LogP contribution in [0.5, 0.6) is 0 Å². The maximum absolute atomic E-state index is 5.73. The van der Waals surface area contributed by atoms with Gasteiger partial charge < -0.3 is 15.9 Å². The monoisotopic (exact) mass is 356 g/mol. The number of rotatable bonds is 5. The number of anilines is 3. The molecule has 26 heavy (non-hydrogen) atoms. The van der Waals surface area contributed by atoms with Crippen molar-refractivity contribution < 1.29 is 4.74 Å². The summed E-state index contributed by atoms with van der Waals surface area (Å²) in [4.78, 5) is 10.9. The molecule has 0 spiro atoms. The van der Waals surface area contributed by atoms with E-state index in [0.717, 1.165) is 62.5 Å². The highest BCUT2D eigenvalue weighted by atomic mass is 16.5. The number of aromatic nitrogens is 2. The molecular weight excluding hydrogens is 332 g/mol. The summed E-state index contributed by atoms with van der Waals surface area (Å²) < 4.78 is 5.42. The molecule has 5 N–H and O–H groups in total. The van der Waals surface area contributed by atoms with E-state index in [-0.39, 0.29) is 5.95 Å². The Morgan fingerprint density at radius 1 is 1.15 bits per heavy atom. The molecule has 0 saturated carbocycles. The van der Waals surface area contributed by atoms with E-state index in [4.69, 9.17) is 16.3 Å². The highest BCUT2D eigenvalue weighted by Crippen LogP contribution is 2.28. The van der Waals surface area contributed by atoms with E-state index in [0.29, 0.717) is 5.82 Å². The van der Waals surface area contributed by atoms with Crippen molar-refractivity contribution in [3.8, 4) is 0 Å². The minimum absolute atomic E-state index is 0.200. The predicted octanol–water partition coefficient (Wildman–Crippen LogP) is 0.380. The number of nitrogens with two attached hydrogens (primary N) is 2. The minimum Gasteiger partial charge on any atom is -0.379 e. The van der Waals surface area contributed by atoms with Crippen LogP contribution < -0.4 is 22.0 Å². The summed E-state index contributed by atoms with van der Waals surface area (Å²) in [6, 6.07) is 6.00. The van der Waals surface area contributed by atoms with Crippen LogP contribution in [-0.2, 0) is 4.74 Å². The fourth-order valence-corrected chi connectivity index (χ4v) is 3.37. The van der Waals surface area contributed by atoms with Crippen molar-refractivity contribution in [2.45, 2.75) is 0 Å². The van der Waals surface area contributed by atoms with Gasteiger partial charge >= 0.3 is 0 Å². The standard InChI is InChI=1S/C17H24N8O/c18-17-20-15-3-2-13(12-14(15)16(21-17)22-19)25-5-1-4-24(25)7-6-23-8-10-26-11-9-23/h1-3,5,12H,4,6-11,19H2,(H3,18,20,21,22). The van der Waals surface area contributed by atoms with Crippen molar-refractivity contribution in [3.05, 3.63) is 30.5 Å². The van der Waals surface area contributed by atoms with Gasteiger partial charge in [-0.1, -0.05) is 6.08 Å². The Balaban J connectivity index is 1.53. The van der Waals surface area contributed by atoms with Crippen LogP contribution in [0, 0.1) is 0 Å². The number of benzene rings is 1. The molecule has 4 rings (SSSR count). The second-order valence-corrected chi connectivity index (χ2v) is 6.37. The van der Waals surface area contributed by atoms with Gasteiger partial charge in [0.25, 0.3) is 0 Å². The van der Waals surface area contributed by atoms with Crippen molar-refractivity contribution in [1.29, 1.82) is 0 Å². The molecule has 0 bridgehead atoms. The zero-order valence-electron chi connectivity index (χ0n) is 14.6. The molecule has 2 aliphatic rings. The summed E-state index contributed by atoms with van der Waals surface area (Å²) in [5.74, 6) is 6.32. The molecule has 1 saturated heterocycles. The first-order valence-corrected chi connectivity index (χ1v) is 8.79. The third-order valence-corrected chi connectivity index (χ3v) is 4.74. The van der Waals surface area contributed by atoms with E-state index in [2.05, 4.69) is 42.6 Å². The van der Waals surface area contributed by atoms with Crippen LogP contribution in [-0.4, -0.2) is 65.8 Å². The number of hydrogen-bond donors (Lipinski definition) is 3. The van der Waals surface area contributed by atoms with Gasteiger partial charge in [-0.25, -0.2) is 15.8 Å². The Kier molecular flexibility index (Phi) is 4.85. The number of ether oxygens (including phenoxy) is 1. The van der Waals surface area contributed by atoms with Gasteiger partial charge in [0.15, 0.2) is 5.82 Å². The first kappa shape index (κ1) is 17.0. The van der Waals surface area contributed by atoms with Crippen LogP contribution in [0.3, 0.4) is 0 Å². The highest BCUT2D eigenvalue weighted by Gasteiger charge is 2.20. The normalized spacial score (nSPS) is 18.7. The first-order chi connectivity index (χ1) is 12.7. The molecule has 1 aromatic heterocycles. The molecule has 1 aromatic carbocycles. The van der Waals surface area contributed by atoms with Crippen LogP contribution in [0.15, 0.2) is 30.5 Å². The van der Waals surface area contributed by atoms with Gasteiger partial charge in [-0.3, -0.25) is 9.91 Å². The molecular formula is C17H24N8O. The summed E-state index contributed by atoms with van der Waals surface area (Å²) in [5.41, 5.74) is 10.1. The third kappa shape index (κ3) is 3.42. The number of hydrogen-bond acceptors (Lipinski definition) is 9. The number of nitrogens with zero attached hydrogens (tertiary/aromatic N) is 5. The molecule has 1 fully saturated rings.